The van der Waals surface area contributed by atoms with Crippen molar-refractivity contribution in [2.24, 2.45) is 12.5 Å². The Hall–Kier alpha value is -0.830. The molecule has 1 atom stereocenters. The molecule has 1 unspecified atom stereocenters. The Kier molecular flexibility index (Phi) is 6.56. The zero-order valence-electron chi connectivity index (χ0n) is 13.4. The highest BCUT2D eigenvalue weighted by Gasteiger charge is 2.28. The van der Waals surface area contributed by atoms with E-state index in [2.05, 4.69) is 56.0 Å². The summed E-state index contributed by atoms with van der Waals surface area (Å²) in [6.07, 6.45) is 7.26. The summed E-state index contributed by atoms with van der Waals surface area (Å²) in [7, 11) is 4.14. The summed E-state index contributed by atoms with van der Waals surface area (Å²) >= 11 is 0. The predicted octanol–water partition coefficient (Wildman–Crippen LogP) is 3.33. The van der Waals surface area contributed by atoms with E-state index in [1.165, 1.54) is 37.1 Å². The fourth-order valence-corrected chi connectivity index (χ4v) is 2.89. The van der Waals surface area contributed by atoms with Crippen LogP contribution in [-0.4, -0.2) is 23.4 Å². The molecule has 3 nitrogen and oxygen atoms in total. The molecular weight excluding hydrogens is 234 g/mol. The number of hydrogen-bond acceptors (Lipinski definition) is 2. The van der Waals surface area contributed by atoms with Gasteiger partial charge in [-0.05, 0) is 44.2 Å². The molecule has 0 aliphatic carbocycles. The molecule has 0 amide bonds. The van der Waals surface area contributed by atoms with Gasteiger partial charge in [0.15, 0.2) is 0 Å². The Morgan fingerprint density at radius 2 is 2.05 bits per heavy atom. The Bertz CT molecular complexity index is 370. The van der Waals surface area contributed by atoms with Gasteiger partial charge in [0, 0.05) is 19.3 Å². The van der Waals surface area contributed by atoms with Gasteiger partial charge in [0.25, 0.3) is 0 Å². The first kappa shape index (κ1) is 16.2. The van der Waals surface area contributed by atoms with Crippen molar-refractivity contribution in [1.29, 1.82) is 0 Å². The average Bonchev–Trinajstić information content (AvgIpc) is 2.77. The van der Waals surface area contributed by atoms with Crippen LogP contribution in [0.4, 0.5) is 0 Å². The van der Waals surface area contributed by atoms with Gasteiger partial charge in [0.1, 0.15) is 0 Å². The predicted molar refractivity (Wildman–Crippen MR) is 82.5 cm³/mol. The molecule has 1 rings (SSSR count). The lowest BCUT2D eigenvalue weighted by Crippen LogP contribution is -2.34. The summed E-state index contributed by atoms with van der Waals surface area (Å²) in [5.41, 5.74) is 2.97. The molecule has 19 heavy (non-hydrogen) atoms. The minimum atomic E-state index is 0.379. The quantitative estimate of drug-likeness (QED) is 0.742. The number of aryl methyl sites for hydroxylation is 2. The minimum absolute atomic E-state index is 0.379. The number of nitrogens with one attached hydrogen (secondary N) is 1. The second-order valence-corrected chi connectivity index (χ2v) is 5.77. The zero-order chi connectivity index (χ0) is 14.3. The first-order valence-corrected chi connectivity index (χ1v) is 7.77. The summed E-state index contributed by atoms with van der Waals surface area (Å²) < 4.78 is 2.07. The van der Waals surface area contributed by atoms with Crippen molar-refractivity contribution in [2.45, 2.75) is 59.3 Å². The molecule has 0 radical (unpaired) electrons. The van der Waals surface area contributed by atoms with Crippen LogP contribution in [-0.2, 0) is 19.9 Å². The molecule has 0 aromatic carbocycles. The smallest absolute Gasteiger partial charge is 0.0624 e. The van der Waals surface area contributed by atoms with Crippen LogP contribution < -0.4 is 5.32 Å². The maximum atomic E-state index is 4.58. The molecule has 0 saturated carbocycles. The highest BCUT2D eigenvalue weighted by atomic mass is 15.3. The third-order valence-corrected chi connectivity index (χ3v) is 4.31. The van der Waals surface area contributed by atoms with Crippen LogP contribution in [0.1, 0.15) is 57.8 Å². The maximum Gasteiger partial charge on any atom is 0.0624 e. The van der Waals surface area contributed by atoms with Crippen molar-refractivity contribution in [3.8, 4) is 0 Å². The van der Waals surface area contributed by atoms with Crippen LogP contribution >= 0.6 is 0 Å². The monoisotopic (exact) mass is 265 g/mol. The zero-order valence-corrected chi connectivity index (χ0v) is 13.4. The van der Waals surface area contributed by atoms with E-state index in [4.69, 9.17) is 0 Å². The number of unbranched alkanes of at least 4 members (excludes halogenated alkanes) is 1. The highest BCUT2D eigenvalue weighted by Crippen LogP contribution is 2.32. The van der Waals surface area contributed by atoms with Crippen LogP contribution in [0, 0.1) is 5.41 Å². The number of nitrogens with zero attached hydrogens (tertiary/aromatic N) is 2. The molecule has 1 aromatic heterocycles. The van der Waals surface area contributed by atoms with Crippen molar-refractivity contribution in [1.82, 2.24) is 15.1 Å². The Balaban J connectivity index is 2.88. The van der Waals surface area contributed by atoms with Gasteiger partial charge in [-0.25, -0.2) is 0 Å². The van der Waals surface area contributed by atoms with Crippen molar-refractivity contribution in [3.63, 3.8) is 0 Å². The summed E-state index contributed by atoms with van der Waals surface area (Å²) in [6.45, 7) is 7.86. The van der Waals surface area contributed by atoms with Crippen molar-refractivity contribution in [3.05, 3.63) is 17.5 Å². The molecular formula is C16H31N3. The Labute approximate surface area is 118 Å². The van der Waals surface area contributed by atoms with Gasteiger partial charge in [-0.2, -0.15) is 5.10 Å². The molecule has 0 bridgehead atoms. The molecule has 1 N–H and O–H groups in total. The third-order valence-electron chi connectivity index (χ3n) is 4.31. The van der Waals surface area contributed by atoms with E-state index >= 15 is 0 Å². The molecule has 1 aromatic rings. The van der Waals surface area contributed by atoms with Gasteiger partial charge >= 0.3 is 0 Å². The lowest BCUT2D eigenvalue weighted by molar-refractivity contribution is 0.230. The summed E-state index contributed by atoms with van der Waals surface area (Å²) in [5.74, 6) is 0. The SMILES string of the molecule is CCCCC(CC)(CNC)Cc1cc(CC)nn1C. The van der Waals surface area contributed by atoms with E-state index < -0.39 is 0 Å². The normalized spacial score (nSPS) is 14.6. The second kappa shape index (κ2) is 7.68. The van der Waals surface area contributed by atoms with Crippen LogP contribution in [0.5, 0.6) is 0 Å². The van der Waals surface area contributed by atoms with E-state index in [1.807, 2.05) is 0 Å². The molecule has 110 valence electrons. The van der Waals surface area contributed by atoms with Crippen LogP contribution in [0.2, 0.25) is 0 Å². The fraction of sp³-hybridized carbons (Fsp3) is 0.812. The van der Waals surface area contributed by atoms with Gasteiger partial charge < -0.3 is 5.32 Å². The van der Waals surface area contributed by atoms with Crippen molar-refractivity contribution >= 4 is 0 Å². The molecule has 0 aliphatic heterocycles. The first-order valence-electron chi connectivity index (χ1n) is 7.77. The molecule has 0 fully saturated rings. The van der Waals surface area contributed by atoms with Gasteiger partial charge in [0.05, 0.1) is 5.69 Å². The molecule has 3 heteroatoms. The van der Waals surface area contributed by atoms with Crippen molar-refractivity contribution in [2.75, 3.05) is 13.6 Å². The van der Waals surface area contributed by atoms with Crippen LogP contribution in [0.15, 0.2) is 6.07 Å². The van der Waals surface area contributed by atoms with E-state index in [1.54, 1.807) is 0 Å². The lowest BCUT2D eigenvalue weighted by atomic mass is 9.76. The lowest BCUT2D eigenvalue weighted by Gasteiger charge is -2.33. The summed E-state index contributed by atoms with van der Waals surface area (Å²) in [4.78, 5) is 0. The van der Waals surface area contributed by atoms with Gasteiger partial charge in [-0.1, -0.05) is 33.6 Å². The molecule has 0 aliphatic rings. The number of aromatic nitrogens is 2. The van der Waals surface area contributed by atoms with Gasteiger partial charge in [-0.15, -0.1) is 0 Å². The van der Waals surface area contributed by atoms with Crippen LogP contribution in [0.3, 0.4) is 0 Å². The van der Waals surface area contributed by atoms with E-state index in [9.17, 15) is 0 Å². The average molecular weight is 265 g/mol. The van der Waals surface area contributed by atoms with Crippen molar-refractivity contribution < 1.29 is 0 Å². The largest absolute Gasteiger partial charge is 0.319 e. The standard InChI is InChI=1S/C16H31N3/c1-6-9-10-16(8-3,13-17-4)12-15-11-14(7-2)18-19(15)5/h11,17H,6-10,12-13H2,1-5H3. The fourth-order valence-electron chi connectivity index (χ4n) is 2.89. The number of hydrogen-bond donors (Lipinski definition) is 1. The summed E-state index contributed by atoms with van der Waals surface area (Å²) in [5, 5.41) is 7.98. The Morgan fingerprint density at radius 3 is 2.53 bits per heavy atom. The minimum Gasteiger partial charge on any atom is -0.319 e. The van der Waals surface area contributed by atoms with Gasteiger partial charge in [0.2, 0.25) is 0 Å². The third kappa shape index (κ3) is 4.34. The molecule has 1 heterocycles. The van der Waals surface area contributed by atoms with Gasteiger partial charge in [-0.3, -0.25) is 4.68 Å². The molecule has 0 spiro atoms. The Morgan fingerprint density at radius 1 is 1.32 bits per heavy atom. The second-order valence-electron chi connectivity index (χ2n) is 5.77. The van der Waals surface area contributed by atoms with E-state index in [0.29, 0.717) is 5.41 Å². The maximum absolute atomic E-state index is 4.58. The summed E-state index contributed by atoms with van der Waals surface area (Å²) in [6, 6.07) is 2.28. The van der Waals surface area contributed by atoms with Crippen LogP contribution in [0.25, 0.3) is 0 Å². The first-order chi connectivity index (χ1) is 9.10. The number of rotatable bonds is 9. The highest BCUT2D eigenvalue weighted by molar-refractivity contribution is 5.12. The van der Waals surface area contributed by atoms with E-state index in [-0.39, 0.29) is 0 Å². The topological polar surface area (TPSA) is 29.9 Å². The molecule has 0 saturated heterocycles. The van der Waals surface area contributed by atoms with E-state index in [0.717, 1.165) is 19.4 Å².